The van der Waals surface area contributed by atoms with Crippen LogP contribution in [0.25, 0.3) is 0 Å². The molecule has 3 nitrogen and oxygen atoms in total. The van der Waals surface area contributed by atoms with Gasteiger partial charge in [-0.2, -0.15) is 5.26 Å². The molecule has 1 aromatic rings. The molecule has 0 aliphatic heterocycles. The van der Waals surface area contributed by atoms with E-state index in [0.717, 1.165) is 18.8 Å². The van der Waals surface area contributed by atoms with Crippen molar-refractivity contribution < 1.29 is 0 Å². The van der Waals surface area contributed by atoms with Gasteiger partial charge in [0.05, 0.1) is 11.3 Å². The molecule has 0 aliphatic rings. The minimum absolute atomic E-state index is 0.693. The molecule has 0 saturated heterocycles. The lowest BCUT2D eigenvalue weighted by molar-refractivity contribution is 0.823. The Kier molecular flexibility index (Phi) is 3.80. The summed E-state index contributed by atoms with van der Waals surface area (Å²) in [4.78, 5) is 0. The normalized spacial score (nSPS) is 9.23. The van der Waals surface area contributed by atoms with Crippen LogP contribution in [-0.4, -0.2) is 20.1 Å². The lowest BCUT2D eigenvalue weighted by Gasteiger charge is -2.06. The second-order valence-corrected chi connectivity index (χ2v) is 2.69. The molecule has 13 heavy (non-hydrogen) atoms. The molecule has 1 rings (SSSR count). The highest BCUT2D eigenvalue weighted by Crippen LogP contribution is 2.12. The maximum absolute atomic E-state index is 8.77. The van der Waals surface area contributed by atoms with E-state index in [-0.39, 0.29) is 0 Å². The van der Waals surface area contributed by atoms with Crippen LogP contribution >= 0.6 is 0 Å². The summed E-state index contributed by atoms with van der Waals surface area (Å²) in [5, 5.41) is 15.0. The number of hydrogen-bond donors (Lipinski definition) is 2. The van der Waals surface area contributed by atoms with Crippen LogP contribution < -0.4 is 10.6 Å². The van der Waals surface area contributed by atoms with Gasteiger partial charge in [0.25, 0.3) is 0 Å². The van der Waals surface area contributed by atoms with E-state index in [1.165, 1.54) is 0 Å². The Morgan fingerprint density at radius 3 is 2.77 bits per heavy atom. The third-order valence-electron chi connectivity index (χ3n) is 1.74. The quantitative estimate of drug-likeness (QED) is 0.676. The topological polar surface area (TPSA) is 47.8 Å². The van der Waals surface area contributed by atoms with Crippen molar-refractivity contribution in [3.63, 3.8) is 0 Å². The highest BCUT2D eigenvalue weighted by molar-refractivity contribution is 5.57. The van der Waals surface area contributed by atoms with Gasteiger partial charge in [-0.15, -0.1) is 0 Å². The molecule has 0 aromatic heterocycles. The predicted octanol–water partition coefficient (Wildman–Crippen LogP) is 1.19. The fraction of sp³-hybridized carbons (Fsp3) is 0.300. The summed E-state index contributed by atoms with van der Waals surface area (Å²) in [6.07, 6.45) is 0. The molecule has 0 radical (unpaired) electrons. The van der Waals surface area contributed by atoms with E-state index in [4.69, 9.17) is 5.26 Å². The lowest BCUT2D eigenvalue weighted by Crippen LogP contribution is -2.18. The van der Waals surface area contributed by atoms with Crippen LogP contribution in [0, 0.1) is 11.3 Å². The largest absolute Gasteiger partial charge is 0.383 e. The van der Waals surface area contributed by atoms with E-state index in [0.29, 0.717) is 5.56 Å². The molecule has 0 bridgehead atoms. The van der Waals surface area contributed by atoms with Gasteiger partial charge in [0.15, 0.2) is 0 Å². The van der Waals surface area contributed by atoms with Crippen molar-refractivity contribution in [1.29, 1.82) is 5.26 Å². The smallest absolute Gasteiger partial charge is 0.101 e. The van der Waals surface area contributed by atoms with Gasteiger partial charge in [0, 0.05) is 13.1 Å². The molecule has 0 heterocycles. The fourth-order valence-electron chi connectivity index (χ4n) is 1.06. The molecule has 0 amide bonds. The van der Waals surface area contributed by atoms with Crippen molar-refractivity contribution in [2.45, 2.75) is 0 Å². The molecule has 0 atom stereocenters. The Morgan fingerprint density at radius 2 is 2.08 bits per heavy atom. The van der Waals surface area contributed by atoms with Crippen LogP contribution in [0.15, 0.2) is 24.3 Å². The molecular formula is C10H13N3. The van der Waals surface area contributed by atoms with E-state index in [2.05, 4.69) is 16.7 Å². The van der Waals surface area contributed by atoms with Gasteiger partial charge < -0.3 is 10.6 Å². The van der Waals surface area contributed by atoms with Crippen LogP contribution in [0.1, 0.15) is 5.56 Å². The zero-order valence-electron chi connectivity index (χ0n) is 7.67. The number of nitriles is 1. The van der Waals surface area contributed by atoms with E-state index >= 15 is 0 Å². The molecular weight excluding hydrogens is 162 g/mol. The second kappa shape index (κ2) is 5.18. The van der Waals surface area contributed by atoms with Gasteiger partial charge in [0.2, 0.25) is 0 Å². The Bertz CT molecular complexity index is 301. The van der Waals surface area contributed by atoms with Gasteiger partial charge in [-0.05, 0) is 19.2 Å². The average Bonchev–Trinajstić information content (AvgIpc) is 2.19. The second-order valence-electron chi connectivity index (χ2n) is 2.69. The molecule has 68 valence electrons. The highest BCUT2D eigenvalue weighted by Gasteiger charge is 1.97. The van der Waals surface area contributed by atoms with Crippen LogP contribution in [0.2, 0.25) is 0 Å². The molecule has 0 aliphatic carbocycles. The van der Waals surface area contributed by atoms with E-state index in [1.807, 2.05) is 31.3 Å². The van der Waals surface area contributed by atoms with Crippen LogP contribution in [0.3, 0.4) is 0 Å². The summed E-state index contributed by atoms with van der Waals surface area (Å²) < 4.78 is 0. The molecule has 0 saturated carbocycles. The Balaban J connectivity index is 2.60. The van der Waals surface area contributed by atoms with Gasteiger partial charge in [-0.25, -0.2) is 0 Å². The fourth-order valence-corrected chi connectivity index (χ4v) is 1.06. The summed E-state index contributed by atoms with van der Waals surface area (Å²) in [5.41, 5.74) is 1.60. The van der Waals surface area contributed by atoms with Gasteiger partial charge in [-0.3, -0.25) is 0 Å². The van der Waals surface area contributed by atoms with Crippen molar-refractivity contribution in [1.82, 2.24) is 5.32 Å². The molecule has 3 heteroatoms. The Labute approximate surface area is 78.4 Å². The zero-order valence-corrected chi connectivity index (χ0v) is 7.67. The number of rotatable bonds is 4. The number of likely N-dealkylation sites (N-methyl/N-ethyl adjacent to an activating group) is 1. The first-order chi connectivity index (χ1) is 6.38. The van der Waals surface area contributed by atoms with Gasteiger partial charge in [-0.1, -0.05) is 12.1 Å². The van der Waals surface area contributed by atoms with Crippen molar-refractivity contribution in [2.24, 2.45) is 0 Å². The monoisotopic (exact) mass is 175 g/mol. The molecule has 0 spiro atoms. The number of nitrogens with zero attached hydrogens (tertiary/aromatic N) is 1. The third kappa shape index (κ3) is 2.77. The maximum Gasteiger partial charge on any atom is 0.101 e. The van der Waals surface area contributed by atoms with Crippen molar-refractivity contribution in [3.05, 3.63) is 29.8 Å². The van der Waals surface area contributed by atoms with Crippen molar-refractivity contribution in [3.8, 4) is 6.07 Å². The summed E-state index contributed by atoms with van der Waals surface area (Å²) in [5.74, 6) is 0. The standard InChI is InChI=1S/C10H13N3/c1-12-6-7-13-10-5-3-2-4-9(10)8-11/h2-5,12-13H,6-7H2,1H3. The predicted molar refractivity (Wildman–Crippen MR) is 53.6 cm³/mol. The van der Waals surface area contributed by atoms with Crippen molar-refractivity contribution in [2.75, 3.05) is 25.5 Å². The lowest BCUT2D eigenvalue weighted by atomic mass is 10.2. The Morgan fingerprint density at radius 1 is 1.31 bits per heavy atom. The van der Waals surface area contributed by atoms with Crippen LogP contribution in [-0.2, 0) is 0 Å². The molecule has 2 N–H and O–H groups in total. The number of nitrogens with one attached hydrogen (secondary N) is 2. The number of benzene rings is 1. The minimum Gasteiger partial charge on any atom is -0.383 e. The van der Waals surface area contributed by atoms with Crippen LogP contribution in [0.5, 0.6) is 0 Å². The van der Waals surface area contributed by atoms with Gasteiger partial charge in [0.1, 0.15) is 6.07 Å². The zero-order chi connectivity index (χ0) is 9.52. The Hall–Kier alpha value is -1.53. The third-order valence-corrected chi connectivity index (χ3v) is 1.74. The number of hydrogen-bond acceptors (Lipinski definition) is 3. The SMILES string of the molecule is CNCCNc1ccccc1C#N. The average molecular weight is 175 g/mol. The first-order valence-corrected chi connectivity index (χ1v) is 4.26. The maximum atomic E-state index is 8.77. The van der Waals surface area contributed by atoms with E-state index < -0.39 is 0 Å². The van der Waals surface area contributed by atoms with Crippen LogP contribution in [0.4, 0.5) is 5.69 Å². The molecule has 1 aromatic carbocycles. The number of para-hydroxylation sites is 1. The highest BCUT2D eigenvalue weighted by atomic mass is 14.9. The van der Waals surface area contributed by atoms with Crippen molar-refractivity contribution >= 4 is 5.69 Å². The summed E-state index contributed by atoms with van der Waals surface area (Å²) in [7, 11) is 1.90. The first-order valence-electron chi connectivity index (χ1n) is 4.26. The summed E-state index contributed by atoms with van der Waals surface area (Å²) >= 11 is 0. The van der Waals surface area contributed by atoms with Gasteiger partial charge >= 0.3 is 0 Å². The minimum atomic E-state index is 0.693. The summed E-state index contributed by atoms with van der Waals surface area (Å²) in [6.45, 7) is 1.72. The molecule has 0 fully saturated rings. The number of anilines is 1. The first kappa shape index (κ1) is 9.56. The molecule has 0 unspecified atom stereocenters. The van der Waals surface area contributed by atoms with E-state index in [1.54, 1.807) is 0 Å². The van der Waals surface area contributed by atoms with E-state index in [9.17, 15) is 0 Å². The summed E-state index contributed by atoms with van der Waals surface area (Å²) in [6, 6.07) is 9.64.